The lowest BCUT2D eigenvalue weighted by molar-refractivity contribution is -0.126. The number of anilines is 2. The Morgan fingerprint density at radius 2 is 1.96 bits per heavy atom. The van der Waals surface area contributed by atoms with Crippen LogP contribution in [0.25, 0.3) is 0 Å². The Labute approximate surface area is 164 Å². The molecule has 1 amide bonds. The molecule has 150 valence electrons. The molecule has 1 heterocycles. The van der Waals surface area contributed by atoms with Gasteiger partial charge in [-0.15, -0.1) is 0 Å². The van der Waals surface area contributed by atoms with E-state index in [0.29, 0.717) is 30.0 Å². The summed E-state index contributed by atoms with van der Waals surface area (Å²) < 4.78 is 29.0. The molecule has 0 aliphatic heterocycles. The van der Waals surface area contributed by atoms with Crippen molar-refractivity contribution in [3.05, 3.63) is 36.2 Å². The second kappa shape index (κ2) is 7.75. The first-order valence-electron chi connectivity index (χ1n) is 9.01. The van der Waals surface area contributed by atoms with Crippen LogP contribution in [-0.2, 0) is 20.0 Å². The second-order valence-corrected chi connectivity index (χ2v) is 8.92. The molecule has 8 nitrogen and oxygen atoms in total. The van der Waals surface area contributed by atoms with Crippen LogP contribution in [0, 0.1) is 0 Å². The van der Waals surface area contributed by atoms with Gasteiger partial charge in [0.1, 0.15) is 5.69 Å². The Morgan fingerprint density at radius 3 is 2.57 bits per heavy atom. The molecule has 2 aromatic rings. The van der Waals surface area contributed by atoms with Gasteiger partial charge in [-0.3, -0.25) is 4.79 Å². The highest BCUT2D eigenvalue weighted by Gasteiger charge is 2.45. The number of carbonyl (C=O) groups excluding carboxylic acids is 1. The molecule has 1 saturated carbocycles. The van der Waals surface area contributed by atoms with E-state index < -0.39 is 15.3 Å². The highest BCUT2D eigenvalue weighted by atomic mass is 32.2. The average molecular weight is 404 g/mol. The Morgan fingerprint density at radius 1 is 1.25 bits per heavy atom. The quantitative estimate of drug-likeness (QED) is 0.759. The maximum atomic E-state index is 12.7. The van der Waals surface area contributed by atoms with Crippen LogP contribution < -0.4 is 15.4 Å². The van der Waals surface area contributed by atoms with E-state index in [2.05, 4.69) is 20.6 Å². The van der Waals surface area contributed by atoms with Gasteiger partial charge < -0.3 is 15.4 Å². The number of nitrogens with zero attached hydrogens (tertiary/aromatic N) is 2. The fourth-order valence-corrected chi connectivity index (χ4v) is 4.31. The minimum atomic E-state index is -3.33. The van der Waals surface area contributed by atoms with E-state index in [1.807, 2.05) is 0 Å². The van der Waals surface area contributed by atoms with Crippen LogP contribution >= 0.6 is 0 Å². The Bertz CT molecular complexity index is 985. The van der Waals surface area contributed by atoms with Crippen molar-refractivity contribution >= 4 is 27.4 Å². The number of aromatic nitrogens is 2. The molecular weight excluding hydrogens is 380 g/mol. The summed E-state index contributed by atoms with van der Waals surface area (Å²) in [4.78, 5) is 21.8. The van der Waals surface area contributed by atoms with Crippen LogP contribution in [0.1, 0.15) is 31.4 Å². The first-order valence-corrected chi connectivity index (χ1v) is 10.9. The van der Waals surface area contributed by atoms with Crippen LogP contribution in [0.3, 0.4) is 0 Å². The molecule has 9 heteroatoms. The van der Waals surface area contributed by atoms with Gasteiger partial charge in [0.15, 0.2) is 15.6 Å². The van der Waals surface area contributed by atoms with E-state index >= 15 is 0 Å². The number of hydrogen-bond donors (Lipinski definition) is 2. The Balaban J connectivity index is 2.01. The van der Waals surface area contributed by atoms with Gasteiger partial charge in [0.2, 0.25) is 11.9 Å². The summed E-state index contributed by atoms with van der Waals surface area (Å²) in [5, 5.41) is 5.78. The van der Waals surface area contributed by atoms with Gasteiger partial charge in [-0.25, -0.2) is 18.4 Å². The molecule has 3 rings (SSSR count). The largest absolute Gasteiger partial charge is 0.493 e. The number of sulfone groups is 1. The second-order valence-electron chi connectivity index (χ2n) is 6.90. The number of hydrogen-bond acceptors (Lipinski definition) is 7. The fraction of sp³-hybridized carbons (Fsp3) is 0.421. The van der Waals surface area contributed by atoms with Gasteiger partial charge in [-0.05, 0) is 31.0 Å². The molecule has 0 atom stereocenters. The number of benzene rings is 1. The fourth-order valence-electron chi connectivity index (χ4n) is 3.65. The van der Waals surface area contributed by atoms with E-state index in [1.165, 1.54) is 25.4 Å². The van der Waals surface area contributed by atoms with Crippen molar-refractivity contribution in [3.8, 4) is 5.75 Å². The number of methoxy groups -OCH3 is 1. The van der Waals surface area contributed by atoms with Crippen LogP contribution in [0.4, 0.5) is 11.6 Å². The number of ether oxygens (including phenoxy) is 1. The zero-order chi connectivity index (χ0) is 20.4. The van der Waals surface area contributed by atoms with Crippen molar-refractivity contribution in [1.82, 2.24) is 15.3 Å². The summed E-state index contributed by atoms with van der Waals surface area (Å²) in [5.41, 5.74) is 0.330. The van der Waals surface area contributed by atoms with Crippen molar-refractivity contribution in [2.24, 2.45) is 0 Å². The molecule has 2 N–H and O–H groups in total. The molecule has 1 fully saturated rings. The predicted octanol–water partition coefficient (Wildman–Crippen LogP) is 2.19. The minimum absolute atomic E-state index is 0.0907. The predicted molar refractivity (Wildman–Crippen MR) is 106 cm³/mol. The number of carbonyl (C=O) groups is 1. The minimum Gasteiger partial charge on any atom is -0.493 e. The van der Waals surface area contributed by atoms with Gasteiger partial charge >= 0.3 is 0 Å². The molecule has 0 saturated heterocycles. The van der Waals surface area contributed by atoms with Crippen molar-refractivity contribution in [2.45, 2.75) is 36.0 Å². The van der Waals surface area contributed by atoms with Crippen molar-refractivity contribution < 1.29 is 17.9 Å². The Hall–Kier alpha value is -2.68. The van der Waals surface area contributed by atoms with Crippen molar-refractivity contribution in [2.75, 3.05) is 25.7 Å². The SMILES string of the molecule is CNC(=O)C1(c2nc(Nc3cccc(S(C)(=O)=O)c3)ncc2OC)CCCC1. The zero-order valence-corrected chi connectivity index (χ0v) is 17.0. The van der Waals surface area contributed by atoms with E-state index in [1.54, 1.807) is 19.2 Å². The topological polar surface area (TPSA) is 110 Å². The maximum absolute atomic E-state index is 12.7. The number of rotatable bonds is 6. The van der Waals surface area contributed by atoms with Gasteiger partial charge in [0.25, 0.3) is 0 Å². The molecule has 1 aromatic carbocycles. The Kier molecular flexibility index (Phi) is 5.55. The van der Waals surface area contributed by atoms with Crippen molar-refractivity contribution in [1.29, 1.82) is 0 Å². The van der Waals surface area contributed by atoms with E-state index in [4.69, 9.17) is 4.74 Å². The lowest BCUT2D eigenvalue weighted by Gasteiger charge is -2.28. The summed E-state index contributed by atoms with van der Waals surface area (Å²) >= 11 is 0. The average Bonchev–Trinajstić information content (AvgIpc) is 3.18. The number of amides is 1. The molecule has 1 aliphatic rings. The normalized spacial score (nSPS) is 15.8. The summed E-state index contributed by atoms with van der Waals surface area (Å²) in [6, 6.07) is 6.42. The van der Waals surface area contributed by atoms with Gasteiger partial charge in [0, 0.05) is 19.0 Å². The summed E-state index contributed by atoms with van der Waals surface area (Å²) in [6.45, 7) is 0. The smallest absolute Gasteiger partial charge is 0.232 e. The molecule has 0 radical (unpaired) electrons. The lowest BCUT2D eigenvalue weighted by atomic mass is 9.81. The standard InChI is InChI=1S/C19H24N4O4S/c1-20-17(24)19(9-4-5-10-19)16-15(27-2)12-21-18(23-16)22-13-7-6-8-14(11-13)28(3,25)26/h6-8,11-12H,4-5,9-10H2,1-3H3,(H,20,24)(H,21,22,23). The zero-order valence-electron chi connectivity index (χ0n) is 16.2. The maximum Gasteiger partial charge on any atom is 0.232 e. The summed E-state index contributed by atoms with van der Waals surface area (Å²) in [6.07, 6.45) is 5.92. The molecule has 0 bridgehead atoms. The van der Waals surface area contributed by atoms with Gasteiger partial charge in [-0.2, -0.15) is 0 Å². The number of likely N-dealkylation sites (N-methyl/N-ethyl adjacent to an activating group) is 1. The molecule has 1 aliphatic carbocycles. The highest BCUT2D eigenvalue weighted by molar-refractivity contribution is 7.90. The van der Waals surface area contributed by atoms with Crippen LogP contribution in [0.5, 0.6) is 5.75 Å². The lowest BCUT2D eigenvalue weighted by Crippen LogP contribution is -2.42. The van der Waals surface area contributed by atoms with Crippen molar-refractivity contribution in [3.63, 3.8) is 0 Å². The van der Waals surface area contributed by atoms with Gasteiger partial charge in [0.05, 0.1) is 23.6 Å². The third-order valence-electron chi connectivity index (χ3n) is 5.07. The third kappa shape index (κ3) is 3.80. The van der Waals surface area contributed by atoms with E-state index in [0.717, 1.165) is 19.1 Å². The summed E-state index contributed by atoms with van der Waals surface area (Å²) in [5.74, 6) is 0.643. The van der Waals surface area contributed by atoms with Crippen LogP contribution in [-0.4, -0.2) is 44.7 Å². The molecule has 0 spiro atoms. The van der Waals surface area contributed by atoms with E-state index in [9.17, 15) is 13.2 Å². The first kappa shape index (κ1) is 20.1. The van der Waals surface area contributed by atoms with Crippen LogP contribution in [0.2, 0.25) is 0 Å². The molecule has 28 heavy (non-hydrogen) atoms. The highest BCUT2D eigenvalue weighted by Crippen LogP contribution is 2.44. The monoisotopic (exact) mass is 404 g/mol. The molecule has 0 unspecified atom stereocenters. The first-order chi connectivity index (χ1) is 13.3. The number of nitrogens with one attached hydrogen (secondary N) is 2. The molecular formula is C19H24N4O4S. The van der Waals surface area contributed by atoms with Gasteiger partial charge in [-0.1, -0.05) is 18.9 Å². The van der Waals surface area contributed by atoms with E-state index in [-0.39, 0.29) is 16.8 Å². The molecule has 1 aromatic heterocycles. The third-order valence-corrected chi connectivity index (χ3v) is 6.18. The van der Waals surface area contributed by atoms with Crippen LogP contribution in [0.15, 0.2) is 35.4 Å². The summed E-state index contributed by atoms with van der Waals surface area (Å²) in [7, 11) is -0.186.